The van der Waals surface area contributed by atoms with Gasteiger partial charge in [-0.25, -0.2) is 4.79 Å². The molecule has 23 heavy (non-hydrogen) atoms. The molecule has 0 aliphatic rings. The average molecular weight is 311 g/mol. The Kier molecular flexibility index (Phi) is 5.94. The lowest BCUT2D eigenvalue weighted by molar-refractivity contribution is -0.131. The van der Waals surface area contributed by atoms with E-state index < -0.39 is 5.97 Å². The van der Waals surface area contributed by atoms with Gasteiger partial charge < -0.3 is 15.2 Å². The molecule has 0 fully saturated rings. The molecule has 0 spiro atoms. The van der Waals surface area contributed by atoms with Crippen LogP contribution in [0.3, 0.4) is 0 Å². The van der Waals surface area contributed by atoms with E-state index in [1.807, 2.05) is 30.3 Å². The fourth-order valence-corrected chi connectivity index (χ4v) is 1.84. The van der Waals surface area contributed by atoms with Gasteiger partial charge >= 0.3 is 5.97 Å². The fraction of sp³-hybridized carbons (Fsp3) is 0.111. The van der Waals surface area contributed by atoms with Gasteiger partial charge in [0, 0.05) is 12.6 Å². The third-order valence-electron chi connectivity index (χ3n) is 3.00. The van der Waals surface area contributed by atoms with Crippen LogP contribution in [0.4, 0.5) is 0 Å². The van der Waals surface area contributed by atoms with Crippen molar-refractivity contribution in [2.45, 2.75) is 6.54 Å². The highest BCUT2D eigenvalue weighted by Gasteiger charge is 2.02. The molecular formula is C18H17NO4. The van der Waals surface area contributed by atoms with Crippen molar-refractivity contribution in [3.8, 4) is 5.75 Å². The van der Waals surface area contributed by atoms with Crippen molar-refractivity contribution >= 4 is 18.0 Å². The van der Waals surface area contributed by atoms with Crippen LogP contribution >= 0.6 is 0 Å². The molecule has 0 atom stereocenters. The predicted molar refractivity (Wildman–Crippen MR) is 86.9 cm³/mol. The van der Waals surface area contributed by atoms with E-state index >= 15 is 0 Å². The van der Waals surface area contributed by atoms with Gasteiger partial charge in [0.05, 0.1) is 0 Å². The summed E-state index contributed by atoms with van der Waals surface area (Å²) in [5.74, 6) is -0.656. The monoisotopic (exact) mass is 311 g/mol. The van der Waals surface area contributed by atoms with E-state index in [2.05, 4.69) is 5.32 Å². The summed E-state index contributed by atoms with van der Waals surface area (Å²) in [5, 5.41) is 11.3. The Morgan fingerprint density at radius 1 is 1.04 bits per heavy atom. The summed E-state index contributed by atoms with van der Waals surface area (Å²) < 4.78 is 5.38. The quantitative estimate of drug-likeness (QED) is 0.770. The van der Waals surface area contributed by atoms with Crippen molar-refractivity contribution in [3.63, 3.8) is 0 Å². The second-order valence-corrected chi connectivity index (χ2v) is 4.79. The van der Waals surface area contributed by atoms with Crippen LogP contribution in [0.2, 0.25) is 0 Å². The number of carbonyl (C=O) groups is 2. The van der Waals surface area contributed by atoms with Gasteiger partial charge in [-0.1, -0.05) is 42.5 Å². The van der Waals surface area contributed by atoms with Crippen molar-refractivity contribution in [2.24, 2.45) is 0 Å². The van der Waals surface area contributed by atoms with Crippen LogP contribution in [0.5, 0.6) is 5.75 Å². The molecule has 0 aromatic heterocycles. The molecule has 0 bridgehead atoms. The maximum atomic E-state index is 11.7. The highest BCUT2D eigenvalue weighted by atomic mass is 16.5. The van der Waals surface area contributed by atoms with Crippen LogP contribution in [0.15, 0.2) is 60.7 Å². The molecule has 5 nitrogen and oxygen atoms in total. The lowest BCUT2D eigenvalue weighted by Crippen LogP contribution is -2.28. The first kappa shape index (κ1) is 16.3. The molecule has 2 aromatic carbocycles. The molecule has 5 heteroatoms. The number of benzene rings is 2. The molecule has 0 unspecified atom stereocenters. The average Bonchev–Trinajstić information content (AvgIpc) is 2.58. The molecule has 2 aromatic rings. The molecule has 0 aliphatic carbocycles. The van der Waals surface area contributed by atoms with Crippen LogP contribution in [-0.4, -0.2) is 23.6 Å². The largest absolute Gasteiger partial charge is 0.484 e. The second-order valence-electron chi connectivity index (χ2n) is 4.79. The molecule has 0 radical (unpaired) electrons. The van der Waals surface area contributed by atoms with Crippen molar-refractivity contribution in [1.82, 2.24) is 5.32 Å². The Morgan fingerprint density at radius 2 is 1.74 bits per heavy atom. The number of carbonyl (C=O) groups excluding carboxylic acids is 1. The van der Waals surface area contributed by atoms with E-state index in [-0.39, 0.29) is 12.5 Å². The minimum Gasteiger partial charge on any atom is -0.484 e. The number of rotatable bonds is 7. The Balaban J connectivity index is 1.76. The van der Waals surface area contributed by atoms with Crippen LogP contribution in [0.25, 0.3) is 6.08 Å². The molecule has 0 heterocycles. The third-order valence-corrected chi connectivity index (χ3v) is 3.00. The van der Waals surface area contributed by atoms with Crippen molar-refractivity contribution in [1.29, 1.82) is 0 Å². The number of carboxylic acid groups (broad SMARTS) is 1. The lowest BCUT2D eigenvalue weighted by atomic mass is 10.2. The first-order chi connectivity index (χ1) is 11.1. The van der Waals surface area contributed by atoms with Crippen LogP contribution in [0.1, 0.15) is 11.1 Å². The summed E-state index contributed by atoms with van der Waals surface area (Å²) in [4.78, 5) is 22.1. The number of aliphatic carboxylic acids is 1. The number of nitrogens with one attached hydrogen (secondary N) is 1. The van der Waals surface area contributed by atoms with Crippen molar-refractivity contribution in [3.05, 3.63) is 71.8 Å². The van der Waals surface area contributed by atoms with Crippen LogP contribution in [-0.2, 0) is 16.1 Å². The zero-order valence-corrected chi connectivity index (χ0v) is 12.4. The number of amides is 1. The maximum Gasteiger partial charge on any atom is 0.328 e. The van der Waals surface area contributed by atoms with E-state index in [1.54, 1.807) is 24.3 Å². The van der Waals surface area contributed by atoms with Crippen molar-refractivity contribution in [2.75, 3.05) is 6.61 Å². The number of ether oxygens (including phenoxy) is 1. The minimum atomic E-state index is -1.000. The van der Waals surface area contributed by atoms with E-state index in [0.29, 0.717) is 12.3 Å². The van der Waals surface area contributed by atoms with Gasteiger partial charge in [0.1, 0.15) is 5.75 Å². The van der Waals surface area contributed by atoms with Gasteiger partial charge in [-0.15, -0.1) is 0 Å². The highest BCUT2D eigenvalue weighted by molar-refractivity contribution is 5.85. The van der Waals surface area contributed by atoms with Crippen LogP contribution < -0.4 is 10.1 Å². The van der Waals surface area contributed by atoms with E-state index in [0.717, 1.165) is 17.2 Å². The second kappa shape index (κ2) is 8.38. The molecular weight excluding hydrogens is 294 g/mol. The Morgan fingerprint density at radius 3 is 2.39 bits per heavy atom. The zero-order valence-electron chi connectivity index (χ0n) is 12.4. The third kappa shape index (κ3) is 6.05. The predicted octanol–water partition coefficient (Wildman–Crippen LogP) is 2.48. The zero-order chi connectivity index (χ0) is 16.5. The molecule has 1 amide bonds. The summed E-state index contributed by atoms with van der Waals surface area (Å²) in [7, 11) is 0. The SMILES string of the molecule is O=C(O)/C=C/c1ccc(OCC(=O)NCc2ccccc2)cc1. The van der Waals surface area contributed by atoms with E-state index in [1.165, 1.54) is 6.08 Å². The summed E-state index contributed by atoms with van der Waals surface area (Å²) >= 11 is 0. The van der Waals surface area contributed by atoms with Gasteiger partial charge in [-0.2, -0.15) is 0 Å². The topological polar surface area (TPSA) is 75.6 Å². The first-order valence-corrected chi connectivity index (χ1v) is 7.08. The number of hydrogen-bond donors (Lipinski definition) is 2. The summed E-state index contributed by atoms with van der Waals surface area (Å²) in [6.07, 6.45) is 2.55. The minimum absolute atomic E-state index is 0.0723. The van der Waals surface area contributed by atoms with Gasteiger partial charge in [-0.05, 0) is 29.3 Å². The standard InChI is InChI=1S/C18H17NO4/c20-17(19-12-15-4-2-1-3-5-15)13-23-16-9-6-14(7-10-16)8-11-18(21)22/h1-11H,12-13H2,(H,19,20)(H,21,22)/b11-8+. The summed E-state index contributed by atoms with van der Waals surface area (Å²) in [6.45, 7) is 0.388. The van der Waals surface area contributed by atoms with E-state index in [9.17, 15) is 9.59 Å². The fourth-order valence-electron chi connectivity index (χ4n) is 1.84. The molecule has 2 N–H and O–H groups in total. The smallest absolute Gasteiger partial charge is 0.328 e. The van der Waals surface area contributed by atoms with Crippen LogP contribution in [0, 0.1) is 0 Å². The Hall–Kier alpha value is -3.08. The first-order valence-electron chi connectivity index (χ1n) is 7.08. The van der Waals surface area contributed by atoms with Gasteiger partial charge in [0.25, 0.3) is 5.91 Å². The Bertz CT molecular complexity index is 678. The highest BCUT2D eigenvalue weighted by Crippen LogP contribution is 2.13. The Labute approximate surface area is 134 Å². The van der Waals surface area contributed by atoms with E-state index in [4.69, 9.17) is 9.84 Å². The summed E-state index contributed by atoms with van der Waals surface area (Å²) in [5.41, 5.74) is 1.77. The molecule has 0 aliphatic heterocycles. The van der Waals surface area contributed by atoms with Gasteiger partial charge in [-0.3, -0.25) is 4.79 Å². The lowest BCUT2D eigenvalue weighted by Gasteiger charge is -2.08. The van der Waals surface area contributed by atoms with Gasteiger partial charge in [0.2, 0.25) is 0 Å². The number of carboxylic acids is 1. The molecule has 2 rings (SSSR count). The molecule has 0 saturated heterocycles. The van der Waals surface area contributed by atoms with Crippen molar-refractivity contribution < 1.29 is 19.4 Å². The number of hydrogen-bond acceptors (Lipinski definition) is 3. The van der Waals surface area contributed by atoms with Gasteiger partial charge in [0.15, 0.2) is 6.61 Å². The summed E-state index contributed by atoms with van der Waals surface area (Å²) in [6, 6.07) is 16.4. The maximum absolute atomic E-state index is 11.7. The molecule has 0 saturated carbocycles. The normalized spacial score (nSPS) is 10.4. The molecule has 118 valence electrons.